The van der Waals surface area contributed by atoms with Crippen molar-refractivity contribution in [2.45, 2.75) is 6.92 Å². The molecule has 0 fully saturated rings. The lowest BCUT2D eigenvalue weighted by molar-refractivity contribution is 0.637. The highest BCUT2D eigenvalue weighted by Crippen LogP contribution is 2.35. The van der Waals surface area contributed by atoms with Crippen LogP contribution in [0, 0.1) is 12.7 Å². The third-order valence-electron chi connectivity index (χ3n) is 3.58. The summed E-state index contributed by atoms with van der Waals surface area (Å²) in [6.45, 7) is 1.87. The number of hydrogen-bond acceptors (Lipinski definition) is 3. The van der Waals surface area contributed by atoms with Crippen molar-refractivity contribution in [3.05, 3.63) is 54.1 Å². The molecule has 0 amide bonds. The molecule has 3 aromatic rings. The third kappa shape index (κ3) is 1.77. The summed E-state index contributed by atoms with van der Waals surface area (Å²) in [4.78, 5) is 3.98. The predicted octanol–water partition coefficient (Wildman–Crippen LogP) is 3.51. The van der Waals surface area contributed by atoms with E-state index in [1.54, 1.807) is 24.5 Å². The molecular weight excluding hydrogens is 253 g/mol. The number of aromatic nitrogens is 1. The quantitative estimate of drug-likeness (QED) is 0.663. The van der Waals surface area contributed by atoms with Gasteiger partial charge in [-0.15, -0.1) is 0 Å². The molecule has 20 heavy (non-hydrogen) atoms. The molecule has 3 rings (SSSR count). The van der Waals surface area contributed by atoms with Gasteiger partial charge in [0.05, 0.1) is 5.69 Å². The fraction of sp³-hybridized carbons (Fsp3) is 0.0625. The van der Waals surface area contributed by atoms with E-state index in [1.165, 1.54) is 0 Å². The van der Waals surface area contributed by atoms with Gasteiger partial charge >= 0.3 is 0 Å². The van der Waals surface area contributed by atoms with Crippen molar-refractivity contribution in [1.82, 2.24) is 4.98 Å². The standard InChI is InChI=1S/C16H14FN3/c1-9-11(3-2-4-14(9)18)12-7-10-5-6-20-8-13(10)16(19)15(12)17/h2-8H,18-19H2,1H3. The fourth-order valence-corrected chi connectivity index (χ4v) is 2.38. The predicted molar refractivity (Wildman–Crippen MR) is 80.7 cm³/mol. The molecule has 0 saturated carbocycles. The molecule has 0 unspecified atom stereocenters. The van der Waals surface area contributed by atoms with Crippen molar-refractivity contribution in [3.63, 3.8) is 0 Å². The molecule has 0 atom stereocenters. The SMILES string of the molecule is Cc1c(N)cccc1-c1cc2ccncc2c(N)c1F. The molecule has 1 aromatic heterocycles. The molecule has 0 saturated heterocycles. The summed E-state index contributed by atoms with van der Waals surface area (Å²) in [5, 5.41) is 1.48. The Morgan fingerprint density at radius 3 is 2.70 bits per heavy atom. The number of benzene rings is 2. The first kappa shape index (κ1) is 12.4. The average molecular weight is 267 g/mol. The zero-order valence-corrected chi connectivity index (χ0v) is 11.0. The molecule has 4 N–H and O–H groups in total. The van der Waals surface area contributed by atoms with Gasteiger partial charge < -0.3 is 11.5 Å². The van der Waals surface area contributed by atoms with E-state index in [0.717, 1.165) is 16.5 Å². The largest absolute Gasteiger partial charge is 0.398 e. The molecule has 4 heteroatoms. The maximum atomic E-state index is 14.5. The maximum absolute atomic E-state index is 14.5. The minimum atomic E-state index is -0.431. The number of anilines is 2. The van der Waals surface area contributed by atoms with Crippen molar-refractivity contribution in [1.29, 1.82) is 0 Å². The van der Waals surface area contributed by atoms with E-state index in [0.29, 0.717) is 16.6 Å². The van der Waals surface area contributed by atoms with Gasteiger partial charge in [-0.2, -0.15) is 0 Å². The summed E-state index contributed by atoms with van der Waals surface area (Å²) in [5.41, 5.74) is 14.6. The molecule has 0 bridgehead atoms. The van der Waals surface area contributed by atoms with Crippen LogP contribution < -0.4 is 11.5 Å². The number of fused-ring (bicyclic) bond motifs is 1. The molecule has 0 radical (unpaired) electrons. The molecule has 1 heterocycles. The smallest absolute Gasteiger partial charge is 0.154 e. The summed E-state index contributed by atoms with van der Waals surface area (Å²) >= 11 is 0. The van der Waals surface area contributed by atoms with Gasteiger partial charge in [0.2, 0.25) is 0 Å². The Morgan fingerprint density at radius 1 is 1.10 bits per heavy atom. The molecule has 0 aliphatic rings. The van der Waals surface area contributed by atoms with E-state index in [4.69, 9.17) is 11.5 Å². The van der Waals surface area contributed by atoms with Crippen LogP contribution in [0.4, 0.5) is 15.8 Å². The first-order chi connectivity index (χ1) is 9.59. The van der Waals surface area contributed by atoms with E-state index in [1.807, 2.05) is 25.1 Å². The normalized spacial score (nSPS) is 10.9. The number of hydrogen-bond donors (Lipinski definition) is 2. The van der Waals surface area contributed by atoms with Gasteiger partial charge in [0.25, 0.3) is 0 Å². The Labute approximate surface area is 116 Å². The highest BCUT2D eigenvalue weighted by atomic mass is 19.1. The van der Waals surface area contributed by atoms with Crippen LogP contribution in [0.2, 0.25) is 0 Å². The number of pyridine rings is 1. The Balaban J connectivity index is 2.37. The zero-order chi connectivity index (χ0) is 14.3. The number of rotatable bonds is 1. The van der Waals surface area contributed by atoms with Crippen LogP contribution in [0.5, 0.6) is 0 Å². The summed E-state index contributed by atoms with van der Waals surface area (Å²) in [7, 11) is 0. The third-order valence-corrected chi connectivity index (χ3v) is 3.58. The number of halogens is 1. The Morgan fingerprint density at radius 2 is 1.90 bits per heavy atom. The molecule has 0 aliphatic heterocycles. The van der Waals surface area contributed by atoms with E-state index >= 15 is 0 Å². The maximum Gasteiger partial charge on any atom is 0.154 e. The topological polar surface area (TPSA) is 64.9 Å². The lowest BCUT2D eigenvalue weighted by atomic mass is 9.96. The van der Waals surface area contributed by atoms with Crippen LogP contribution in [0.25, 0.3) is 21.9 Å². The minimum absolute atomic E-state index is 0.118. The van der Waals surface area contributed by atoms with Crippen molar-refractivity contribution in [2.24, 2.45) is 0 Å². The minimum Gasteiger partial charge on any atom is -0.398 e. The zero-order valence-electron chi connectivity index (χ0n) is 11.0. The van der Waals surface area contributed by atoms with Crippen LogP contribution in [-0.4, -0.2) is 4.98 Å². The lowest BCUT2D eigenvalue weighted by Crippen LogP contribution is -1.98. The Kier molecular flexibility index (Phi) is 2.79. The van der Waals surface area contributed by atoms with Crippen LogP contribution >= 0.6 is 0 Å². The van der Waals surface area contributed by atoms with Crippen molar-refractivity contribution in [3.8, 4) is 11.1 Å². The average Bonchev–Trinajstić information content (AvgIpc) is 2.46. The fourth-order valence-electron chi connectivity index (χ4n) is 2.38. The van der Waals surface area contributed by atoms with Gasteiger partial charge in [-0.25, -0.2) is 4.39 Å². The van der Waals surface area contributed by atoms with E-state index in [2.05, 4.69) is 4.98 Å². The molecule has 0 spiro atoms. The van der Waals surface area contributed by atoms with Gasteiger partial charge in [-0.05, 0) is 41.6 Å². The van der Waals surface area contributed by atoms with Gasteiger partial charge in [-0.3, -0.25) is 4.98 Å². The highest BCUT2D eigenvalue weighted by Gasteiger charge is 2.14. The van der Waals surface area contributed by atoms with Crippen LogP contribution in [0.1, 0.15) is 5.56 Å². The van der Waals surface area contributed by atoms with E-state index in [-0.39, 0.29) is 5.69 Å². The summed E-state index contributed by atoms with van der Waals surface area (Å²) in [6, 6.07) is 9.05. The van der Waals surface area contributed by atoms with Crippen molar-refractivity contribution in [2.75, 3.05) is 11.5 Å². The first-order valence-electron chi connectivity index (χ1n) is 6.26. The Hall–Kier alpha value is -2.62. The highest BCUT2D eigenvalue weighted by molar-refractivity contribution is 5.97. The van der Waals surface area contributed by atoms with E-state index < -0.39 is 5.82 Å². The molecule has 0 aliphatic carbocycles. The van der Waals surface area contributed by atoms with Crippen molar-refractivity contribution < 1.29 is 4.39 Å². The number of nitrogens with two attached hydrogens (primary N) is 2. The van der Waals surface area contributed by atoms with E-state index in [9.17, 15) is 4.39 Å². The van der Waals surface area contributed by atoms with Gasteiger partial charge in [-0.1, -0.05) is 12.1 Å². The lowest BCUT2D eigenvalue weighted by Gasteiger charge is -2.12. The summed E-state index contributed by atoms with van der Waals surface area (Å²) in [6.07, 6.45) is 3.24. The molecular formula is C16H14FN3. The molecule has 100 valence electrons. The molecule has 3 nitrogen and oxygen atoms in total. The van der Waals surface area contributed by atoms with Gasteiger partial charge in [0.1, 0.15) is 0 Å². The molecule has 2 aromatic carbocycles. The van der Waals surface area contributed by atoms with Gasteiger partial charge in [0, 0.05) is 29.0 Å². The Bertz CT molecular complexity index is 812. The first-order valence-corrected chi connectivity index (χ1v) is 6.26. The summed E-state index contributed by atoms with van der Waals surface area (Å²) in [5.74, 6) is -0.431. The second-order valence-corrected chi connectivity index (χ2v) is 4.77. The van der Waals surface area contributed by atoms with Crippen LogP contribution in [0.3, 0.4) is 0 Å². The van der Waals surface area contributed by atoms with Crippen molar-refractivity contribution >= 4 is 22.1 Å². The monoisotopic (exact) mass is 267 g/mol. The second kappa shape index (κ2) is 4.49. The van der Waals surface area contributed by atoms with Crippen LogP contribution in [0.15, 0.2) is 42.7 Å². The van der Waals surface area contributed by atoms with Crippen LogP contribution in [-0.2, 0) is 0 Å². The number of nitrogen functional groups attached to an aromatic ring is 2. The number of nitrogens with zero attached hydrogens (tertiary/aromatic N) is 1. The van der Waals surface area contributed by atoms with Gasteiger partial charge in [0.15, 0.2) is 5.82 Å². The second-order valence-electron chi connectivity index (χ2n) is 4.77. The summed E-state index contributed by atoms with van der Waals surface area (Å²) < 4.78 is 14.5.